The van der Waals surface area contributed by atoms with E-state index in [2.05, 4.69) is 34.3 Å². The molecule has 3 aromatic rings. The molecule has 2 atom stereocenters. The first-order valence-corrected chi connectivity index (χ1v) is 9.86. The third-order valence-electron chi connectivity index (χ3n) is 4.45. The Bertz CT molecular complexity index is 811. The molecule has 3 heterocycles. The molecule has 1 aliphatic heterocycles. The summed E-state index contributed by atoms with van der Waals surface area (Å²) >= 11 is 3.62. The third kappa shape index (κ3) is 3.15. The number of fused-ring (bicyclic) bond motifs is 1. The maximum Gasteiger partial charge on any atom is 0.279 e. The minimum atomic E-state index is 0.0800. The Morgan fingerprint density at radius 2 is 1.96 bits per heavy atom. The van der Waals surface area contributed by atoms with Gasteiger partial charge < -0.3 is 10.2 Å². The summed E-state index contributed by atoms with van der Waals surface area (Å²) in [6, 6.07) is 16.5. The summed E-state index contributed by atoms with van der Waals surface area (Å²) in [6.45, 7) is 1.49. The van der Waals surface area contributed by atoms with Crippen LogP contribution in [-0.4, -0.2) is 19.0 Å². The van der Waals surface area contributed by atoms with Gasteiger partial charge in [0, 0.05) is 22.5 Å². The topological polar surface area (TPSA) is 33.5 Å². The van der Waals surface area contributed by atoms with E-state index in [0.29, 0.717) is 6.54 Å². The number of amides is 1. The summed E-state index contributed by atoms with van der Waals surface area (Å²) in [7, 11) is 0. The van der Waals surface area contributed by atoms with Crippen LogP contribution in [0.2, 0.25) is 0 Å². The Hall–Kier alpha value is -1.95. The van der Waals surface area contributed by atoms with Crippen LogP contribution in [0.3, 0.4) is 0 Å². The predicted molar refractivity (Wildman–Crippen MR) is 100.0 cm³/mol. The van der Waals surface area contributed by atoms with Gasteiger partial charge in [-0.1, -0.05) is 24.3 Å². The van der Waals surface area contributed by atoms with Crippen molar-refractivity contribution in [1.29, 1.82) is 0 Å². The van der Waals surface area contributed by atoms with Gasteiger partial charge in [-0.25, -0.2) is 0 Å². The Balaban J connectivity index is 1.54. The predicted octanol–water partition coefficient (Wildman–Crippen LogP) is 2.98. The zero-order valence-corrected chi connectivity index (χ0v) is 14.8. The smallest absolute Gasteiger partial charge is 0.279 e. The number of hydrogen-bond donors (Lipinski definition) is 2. The number of para-hydroxylation sites is 1. The molecule has 4 rings (SSSR count). The lowest BCUT2D eigenvalue weighted by Gasteiger charge is -2.31. The van der Waals surface area contributed by atoms with E-state index in [4.69, 9.17) is 0 Å². The van der Waals surface area contributed by atoms with Crippen molar-refractivity contribution in [2.75, 3.05) is 18.4 Å². The Labute approximate surface area is 149 Å². The molecule has 0 bridgehead atoms. The molecule has 24 heavy (non-hydrogen) atoms. The lowest BCUT2D eigenvalue weighted by molar-refractivity contribution is -0.919. The van der Waals surface area contributed by atoms with Crippen LogP contribution in [0.1, 0.15) is 21.4 Å². The highest BCUT2D eigenvalue weighted by Gasteiger charge is 2.35. The van der Waals surface area contributed by atoms with Gasteiger partial charge in [0.1, 0.15) is 6.04 Å². The second kappa shape index (κ2) is 6.89. The second-order valence-electron chi connectivity index (χ2n) is 6.00. The van der Waals surface area contributed by atoms with Gasteiger partial charge in [0.2, 0.25) is 0 Å². The number of carbonyl (C=O) groups is 1. The zero-order chi connectivity index (χ0) is 16.4. The first kappa shape index (κ1) is 15.6. The van der Waals surface area contributed by atoms with Crippen molar-refractivity contribution >= 4 is 34.3 Å². The minimum absolute atomic E-state index is 0.0800. The van der Waals surface area contributed by atoms with Gasteiger partial charge in [0.05, 0.1) is 11.4 Å². The summed E-state index contributed by atoms with van der Waals surface area (Å²) in [5.74, 6) is 0.0800. The third-order valence-corrected chi connectivity index (χ3v) is 6.38. The molecule has 2 aromatic heterocycles. The van der Waals surface area contributed by atoms with Gasteiger partial charge in [-0.3, -0.25) is 4.79 Å². The van der Waals surface area contributed by atoms with Crippen LogP contribution in [0.25, 0.3) is 0 Å². The van der Waals surface area contributed by atoms with Crippen molar-refractivity contribution < 1.29 is 9.69 Å². The van der Waals surface area contributed by atoms with Crippen LogP contribution >= 0.6 is 22.7 Å². The molecule has 0 radical (unpaired) electrons. The van der Waals surface area contributed by atoms with Crippen molar-refractivity contribution in [3.8, 4) is 0 Å². The molecule has 0 saturated carbocycles. The first-order valence-electron chi connectivity index (χ1n) is 8.10. The summed E-state index contributed by atoms with van der Waals surface area (Å²) in [4.78, 5) is 16.7. The van der Waals surface area contributed by atoms with Gasteiger partial charge in [-0.05, 0) is 35.0 Å². The van der Waals surface area contributed by atoms with Crippen molar-refractivity contribution in [2.45, 2.75) is 12.5 Å². The fraction of sp³-hybridized carbons (Fsp3) is 0.211. The van der Waals surface area contributed by atoms with E-state index in [-0.39, 0.29) is 11.9 Å². The van der Waals surface area contributed by atoms with E-state index in [1.807, 2.05) is 41.7 Å². The molecule has 122 valence electrons. The molecule has 0 saturated heterocycles. The van der Waals surface area contributed by atoms with E-state index in [9.17, 15) is 4.79 Å². The van der Waals surface area contributed by atoms with Crippen molar-refractivity contribution in [3.63, 3.8) is 0 Å². The number of benzene rings is 1. The quantitative estimate of drug-likeness (QED) is 0.741. The standard InChI is InChI=1S/C19H18N2OS2/c22-18(20-14-5-2-1-3-6-14)13-21-10-8-16-15(9-12-24-16)19(21)17-7-4-11-23-17/h1-7,9,11-12,19H,8,10,13H2,(H,20,22)/p+1/t19-/m0/s1. The highest BCUT2D eigenvalue weighted by Crippen LogP contribution is 2.31. The number of nitrogens with one attached hydrogen (secondary N) is 2. The van der Waals surface area contributed by atoms with Gasteiger partial charge in [0.25, 0.3) is 5.91 Å². The van der Waals surface area contributed by atoms with Crippen LogP contribution in [0.4, 0.5) is 5.69 Å². The summed E-state index contributed by atoms with van der Waals surface area (Å²) in [6.07, 6.45) is 1.06. The van der Waals surface area contributed by atoms with Crippen molar-refractivity contribution in [1.82, 2.24) is 0 Å². The number of quaternary nitrogens is 1. The SMILES string of the molecule is O=C(C[NH+]1CCc2sccc2[C@H]1c1cccs1)Nc1ccccc1. The van der Waals surface area contributed by atoms with E-state index in [1.54, 1.807) is 11.3 Å². The molecule has 1 aliphatic rings. The average Bonchev–Trinajstić information content (AvgIpc) is 3.27. The minimum Gasteiger partial charge on any atom is -0.321 e. The lowest BCUT2D eigenvalue weighted by atomic mass is 9.98. The normalized spacial score (nSPS) is 19.7. The maximum absolute atomic E-state index is 12.5. The zero-order valence-electron chi connectivity index (χ0n) is 13.2. The van der Waals surface area contributed by atoms with Crippen LogP contribution in [0, 0.1) is 0 Å². The lowest BCUT2D eigenvalue weighted by Crippen LogP contribution is -3.14. The Kier molecular flexibility index (Phi) is 4.47. The molecule has 5 heteroatoms. The molecule has 0 fully saturated rings. The number of rotatable bonds is 4. The fourth-order valence-electron chi connectivity index (χ4n) is 3.38. The average molecular weight is 356 g/mol. The monoisotopic (exact) mass is 355 g/mol. The highest BCUT2D eigenvalue weighted by molar-refractivity contribution is 7.10. The van der Waals surface area contributed by atoms with E-state index < -0.39 is 0 Å². The largest absolute Gasteiger partial charge is 0.321 e. The van der Waals surface area contributed by atoms with E-state index in [1.165, 1.54) is 20.2 Å². The fourth-order valence-corrected chi connectivity index (χ4v) is 5.20. The molecular formula is C19H19N2OS2+. The number of anilines is 1. The molecule has 2 N–H and O–H groups in total. The molecule has 1 aromatic carbocycles. The molecule has 0 spiro atoms. The summed E-state index contributed by atoms with van der Waals surface area (Å²) in [5, 5.41) is 7.32. The van der Waals surface area contributed by atoms with Gasteiger partial charge in [0.15, 0.2) is 6.54 Å². The highest BCUT2D eigenvalue weighted by atomic mass is 32.1. The van der Waals surface area contributed by atoms with Crippen molar-refractivity contribution in [2.24, 2.45) is 0 Å². The Morgan fingerprint density at radius 3 is 2.75 bits per heavy atom. The van der Waals surface area contributed by atoms with Crippen LogP contribution in [0.5, 0.6) is 0 Å². The maximum atomic E-state index is 12.5. The van der Waals surface area contributed by atoms with Gasteiger partial charge >= 0.3 is 0 Å². The Morgan fingerprint density at radius 1 is 1.08 bits per heavy atom. The van der Waals surface area contributed by atoms with Crippen LogP contribution < -0.4 is 10.2 Å². The molecule has 3 nitrogen and oxygen atoms in total. The molecule has 0 aliphatic carbocycles. The second-order valence-corrected chi connectivity index (χ2v) is 7.98. The number of carbonyl (C=O) groups excluding carboxylic acids is 1. The molecular weight excluding hydrogens is 336 g/mol. The number of thiophene rings is 2. The first-order chi connectivity index (χ1) is 11.8. The molecule has 1 amide bonds. The van der Waals surface area contributed by atoms with Crippen LogP contribution in [0.15, 0.2) is 59.3 Å². The number of hydrogen-bond acceptors (Lipinski definition) is 3. The van der Waals surface area contributed by atoms with Crippen LogP contribution in [-0.2, 0) is 11.2 Å². The van der Waals surface area contributed by atoms with E-state index in [0.717, 1.165) is 18.7 Å². The van der Waals surface area contributed by atoms with Crippen molar-refractivity contribution in [3.05, 3.63) is 74.6 Å². The van der Waals surface area contributed by atoms with Gasteiger partial charge in [-0.2, -0.15) is 0 Å². The van der Waals surface area contributed by atoms with Gasteiger partial charge in [-0.15, -0.1) is 22.7 Å². The summed E-state index contributed by atoms with van der Waals surface area (Å²) in [5.41, 5.74) is 2.26. The van der Waals surface area contributed by atoms with E-state index >= 15 is 0 Å². The summed E-state index contributed by atoms with van der Waals surface area (Å²) < 4.78 is 0. The molecule has 1 unspecified atom stereocenters.